The maximum Gasteiger partial charge on any atom is 0.191 e. The largest absolute Gasteiger partial charge is 0.387 e. The summed E-state index contributed by atoms with van der Waals surface area (Å²) in [4.78, 5) is 6.30. The first kappa shape index (κ1) is 18.9. The molecule has 0 radical (unpaired) electrons. The normalized spacial score (nSPS) is 20.3. The van der Waals surface area contributed by atoms with E-state index in [4.69, 9.17) is 4.74 Å². The first-order chi connectivity index (χ1) is 8.57. The minimum absolute atomic E-state index is 0. The van der Waals surface area contributed by atoms with Gasteiger partial charge in [0.25, 0.3) is 0 Å². The molecule has 1 aliphatic rings. The summed E-state index contributed by atoms with van der Waals surface area (Å²) in [5.41, 5.74) is -0.775. The molecule has 0 spiro atoms. The molecule has 1 atom stereocenters. The summed E-state index contributed by atoms with van der Waals surface area (Å²) in [5.74, 6) is 0.722. The first-order valence-electron chi connectivity index (χ1n) is 6.54. The Morgan fingerprint density at radius 1 is 1.37 bits per heavy atom. The molecular weight excluding hydrogens is 359 g/mol. The lowest BCUT2D eigenvalue weighted by atomic mass is 10.1. The second-order valence-corrected chi connectivity index (χ2v) is 4.84. The van der Waals surface area contributed by atoms with Crippen LogP contribution in [0.3, 0.4) is 0 Å². The van der Waals surface area contributed by atoms with Crippen LogP contribution in [0, 0.1) is 0 Å². The Kier molecular flexibility index (Phi) is 9.67. The zero-order valence-corrected chi connectivity index (χ0v) is 14.4. The van der Waals surface area contributed by atoms with Crippen molar-refractivity contribution in [1.82, 2.24) is 15.5 Å². The minimum atomic E-state index is -0.775. The Morgan fingerprint density at radius 2 is 2.00 bits per heavy atom. The predicted molar refractivity (Wildman–Crippen MR) is 88.3 cm³/mol. The molecule has 1 heterocycles. The molecule has 3 N–H and O–H groups in total. The van der Waals surface area contributed by atoms with Crippen LogP contribution >= 0.6 is 24.0 Å². The molecule has 0 aromatic heterocycles. The van der Waals surface area contributed by atoms with Gasteiger partial charge in [0, 0.05) is 39.8 Å². The van der Waals surface area contributed by atoms with Gasteiger partial charge in [-0.3, -0.25) is 9.89 Å². The maximum absolute atomic E-state index is 10.4. The number of hydrogen-bond donors (Lipinski definition) is 3. The van der Waals surface area contributed by atoms with Crippen LogP contribution in [-0.4, -0.2) is 74.6 Å². The highest BCUT2D eigenvalue weighted by Gasteiger charge is 2.25. The molecule has 0 bridgehead atoms. The van der Waals surface area contributed by atoms with Crippen molar-refractivity contribution in [1.29, 1.82) is 0 Å². The summed E-state index contributed by atoms with van der Waals surface area (Å²) >= 11 is 0. The van der Waals surface area contributed by atoms with E-state index in [1.54, 1.807) is 7.05 Å². The molecule has 7 heteroatoms. The van der Waals surface area contributed by atoms with Gasteiger partial charge >= 0.3 is 0 Å². The van der Waals surface area contributed by atoms with Gasteiger partial charge in [0.1, 0.15) is 0 Å². The van der Waals surface area contributed by atoms with Crippen LogP contribution in [0.5, 0.6) is 0 Å². The van der Waals surface area contributed by atoms with Crippen LogP contribution < -0.4 is 10.6 Å². The van der Waals surface area contributed by atoms with Crippen LogP contribution in [0.2, 0.25) is 0 Å². The Bertz CT molecular complexity index is 268. The van der Waals surface area contributed by atoms with Crippen molar-refractivity contribution < 1.29 is 9.84 Å². The Morgan fingerprint density at radius 3 is 2.53 bits per heavy atom. The monoisotopic (exact) mass is 386 g/mol. The third-order valence-corrected chi connectivity index (χ3v) is 2.87. The van der Waals surface area contributed by atoms with E-state index < -0.39 is 5.60 Å². The molecule has 6 nitrogen and oxygen atoms in total. The van der Waals surface area contributed by atoms with Gasteiger partial charge in [-0.1, -0.05) is 0 Å². The molecule has 1 fully saturated rings. The first-order valence-corrected chi connectivity index (χ1v) is 6.54. The fraction of sp³-hybridized carbons (Fsp3) is 0.917. The average molecular weight is 386 g/mol. The molecule has 114 valence electrons. The molecule has 1 unspecified atom stereocenters. The number of morpholine rings is 1. The number of ether oxygens (including phenoxy) is 1. The lowest BCUT2D eigenvalue weighted by Crippen LogP contribution is -2.52. The highest BCUT2D eigenvalue weighted by Crippen LogP contribution is 2.07. The van der Waals surface area contributed by atoms with E-state index >= 15 is 0 Å². The number of rotatable bonds is 5. The lowest BCUT2D eigenvalue weighted by molar-refractivity contribution is -0.0201. The Balaban J connectivity index is 0.00000324. The minimum Gasteiger partial charge on any atom is -0.387 e. The summed E-state index contributed by atoms with van der Waals surface area (Å²) in [5, 5.41) is 16.6. The highest BCUT2D eigenvalue weighted by atomic mass is 127. The Labute approximate surface area is 133 Å². The maximum atomic E-state index is 10.4. The van der Waals surface area contributed by atoms with E-state index in [0.29, 0.717) is 13.1 Å². The van der Waals surface area contributed by atoms with Gasteiger partial charge in [-0.25, -0.2) is 0 Å². The molecular formula is C12H27IN4O2. The summed E-state index contributed by atoms with van der Waals surface area (Å²) in [7, 11) is 1.72. The van der Waals surface area contributed by atoms with Crippen LogP contribution in [0.15, 0.2) is 4.99 Å². The van der Waals surface area contributed by atoms with Gasteiger partial charge in [-0.05, 0) is 13.8 Å². The fourth-order valence-corrected chi connectivity index (χ4v) is 1.96. The summed E-state index contributed by atoms with van der Waals surface area (Å²) in [6.07, 6.45) is 0. The second-order valence-electron chi connectivity index (χ2n) is 4.84. The number of β-amino-alcohol motifs (C(OH)–C–C–N with tert-alkyl or cyclic N) is 1. The van der Waals surface area contributed by atoms with Crippen molar-refractivity contribution in [3.8, 4) is 0 Å². The zero-order valence-electron chi connectivity index (χ0n) is 12.1. The van der Waals surface area contributed by atoms with Crippen LogP contribution in [0.1, 0.15) is 13.8 Å². The lowest BCUT2D eigenvalue weighted by Gasteiger charge is -2.34. The highest BCUT2D eigenvalue weighted by molar-refractivity contribution is 14.0. The van der Waals surface area contributed by atoms with Crippen molar-refractivity contribution >= 4 is 29.9 Å². The van der Waals surface area contributed by atoms with E-state index in [9.17, 15) is 5.11 Å². The molecule has 19 heavy (non-hydrogen) atoms. The van der Waals surface area contributed by atoms with Crippen molar-refractivity contribution in [2.75, 3.05) is 53.0 Å². The molecule has 0 aromatic rings. The van der Waals surface area contributed by atoms with Gasteiger partial charge in [0.15, 0.2) is 5.96 Å². The fourth-order valence-electron chi connectivity index (χ4n) is 1.96. The molecule has 0 aromatic carbocycles. The van der Waals surface area contributed by atoms with Crippen LogP contribution in [0.4, 0.5) is 0 Å². The van der Waals surface area contributed by atoms with Gasteiger partial charge < -0.3 is 20.5 Å². The summed E-state index contributed by atoms with van der Waals surface area (Å²) in [6, 6.07) is 0. The van der Waals surface area contributed by atoms with Crippen LogP contribution in [-0.2, 0) is 4.74 Å². The third-order valence-electron chi connectivity index (χ3n) is 2.87. The smallest absolute Gasteiger partial charge is 0.191 e. The third kappa shape index (κ3) is 7.91. The SMILES string of the molecule is CCNC(=NC)NCC(C)(O)CN1CCOCC1.I. The molecule has 1 saturated heterocycles. The number of nitrogens with one attached hydrogen (secondary N) is 2. The van der Waals surface area contributed by atoms with E-state index in [1.165, 1.54) is 0 Å². The van der Waals surface area contributed by atoms with Gasteiger partial charge in [0.05, 0.1) is 18.8 Å². The van der Waals surface area contributed by atoms with Gasteiger partial charge in [0.2, 0.25) is 0 Å². The number of aliphatic hydroxyl groups is 1. The predicted octanol–water partition coefficient (Wildman–Crippen LogP) is -0.127. The molecule has 1 aliphatic heterocycles. The van der Waals surface area contributed by atoms with E-state index in [-0.39, 0.29) is 24.0 Å². The van der Waals surface area contributed by atoms with E-state index in [1.807, 2.05) is 13.8 Å². The number of aliphatic imine (C=N–C) groups is 1. The van der Waals surface area contributed by atoms with E-state index in [2.05, 4.69) is 20.5 Å². The van der Waals surface area contributed by atoms with Crippen molar-refractivity contribution in [2.24, 2.45) is 4.99 Å². The van der Waals surface area contributed by atoms with Crippen molar-refractivity contribution in [3.05, 3.63) is 0 Å². The van der Waals surface area contributed by atoms with Crippen LogP contribution in [0.25, 0.3) is 0 Å². The van der Waals surface area contributed by atoms with Crippen molar-refractivity contribution in [2.45, 2.75) is 19.4 Å². The Hall–Kier alpha value is -0.120. The molecule has 0 amide bonds. The average Bonchev–Trinajstić information content (AvgIpc) is 2.35. The quantitative estimate of drug-likeness (QED) is 0.349. The number of hydrogen-bond acceptors (Lipinski definition) is 4. The zero-order chi connectivity index (χ0) is 13.4. The summed E-state index contributed by atoms with van der Waals surface area (Å²) < 4.78 is 5.29. The number of nitrogens with zero attached hydrogens (tertiary/aromatic N) is 2. The number of guanidine groups is 1. The topological polar surface area (TPSA) is 69.1 Å². The summed E-state index contributed by atoms with van der Waals surface area (Å²) in [6.45, 7) is 9.07. The van der Waals surface area contributed by atoms with Crippen molar-refractivity contribution in [3.63, 3.8) is 0 Å². The molecule has 0 aliphatic carbocycles. The van der Waals surface area contributed by atoms with Gasteiger partial charge in [-0.2, -0.15) is 0 Å². The standard InChI is InChI=1S/C12H26N4O2.HI/c1-4-14-11(13-3)15-9-12(2,17)10-16-5-7-18-8-6-16;/h17H,4-10H2,1-3H3,(H2,13,14,15);1H. The second kappa shape index (κ2) is 9.73. The van der Waals surface area contributed by atoms with Gasteiger partial charge in [-0.15, -0.1) is 24.0 Å². The number of halogens is 1. The van der Waals surface area contributed by atoms with E-state index in [0.717, 1.165) is 38.8 Å². The molecule has 1 rings (SSSR count). The molecule has 0 saturated carbocycles.